The van der Waals surface area contributed by atoms with Crippen LogP contribution in [-0.4, -0.2) is 36.3 Å². The van der Waals surface area contributed by atoms with Crippen LogP contribution in [0.4, 0.5) is 4.39 Å². The largest absolute Gasteiger partial charge is 0.350 e. The van der Waals surface area contributed by atoms with Gasteiger partial charge in [-0.05, 0) is 54.8 Å². The monoisotopic (exact) mass is 397 g/mol. The third-order valence-corrected chi connectivity index (χ3v) is 5.14. The fourth-order valence-electron chi connectivity index (χ4n) is 3.57. The van der Waals surface area contributed by atoms with Crippen molar-refractivity contribution in [2.24, 2.45) is 0 Å². The molecule has 2 amide bonds. The highest BCUT2D eigenvalue weighted by Gasteiger charge is 2.13. The van der Waals surface area contributed by atoms with Crippen molar-refractivity contribution in [1.82, 2.24) is 15.5 Å². The molecule has 0 spiro atoms. The summed E-state index contributed by atoms with van der Waals surface area (Å²) in [5, 5.41) is 5.46. The summed E-state index contributed by atoms with van der Waals surface area (Å²) < 4.78 is 13.2. The van der Waals surface area contributed by atoms with Gasteiger partial charge in [-0.3, -0.25) is 14.5 Å². The number of benzene rings is 2. The zero-order valence-electron chi connectivity index (χ0n) is 16.6. The molecule has 0 saturated carbocycles. The first-order valence-corrected chi connectivity index (χ1v) is 10.2. The quantitative estimate of drug-likeness (QED) is 0.720. The molecule has 1 heterocycles. The number of carbonyl (C=O) groups is 2. The molecule has 6 heteroatoms. The number of hydrogen-bond donors (Lipinski definition) is 2. The van der Waals surface area contributed by atoms with Gasteiger partial charge in [-0.25, -0.2) is 4.39 Å². The van der Waals surface area contributed by atoms with Crippen LogP contribution in [0.3, 0.4) is 0 Å². The van der Waals surface area contributed by atoms with Crippen molar-refractivity contribution >= 4 is 11.8 Å². The maximum absolute atomic E-state index is 13.2. The lowest BCUT2D eigenvalue weighted by atomic mass is 10.0. The topological polar surface area (TPSA) is 61.4 Å². The first-order chi connectivity index (χ1) is 14.1. The van der Waals surface area contributed by atoms with E-state index in [0.29, 0.717) is 12.1 Å². The summed E-state index contributed by atoms with van der Waals surface area (Å²) in [6, 6.07) is 14.0. The van der Waals surface area contributed by atoms with E-state index in [1.54, 1.807) is 12.1 Å². The maximum atomic E-state index is 13.2. The molecule has 0 aromatic heterocycles. The molecule has 1 aliphatic rings. The van der Waals surface area contributed by atoms with Crippen molar-refractivity contribution in [2.75, 3.05) is 19.6 Å². The molecule has 0 radical (unpaired) electrons. The van der Waals surface area contributed by atoms with E-state index in [0.717, 1.165) is 25.2 Å². The molecule has 2 N–H and O–H groups in total. The van der Waals surface area contributed by atoms with Gasteiger partial charge in [0.25, 0.3) is 0 Å². The molecule has 0 aliphatic carbocycles. The molecular formula is C23H28FN3O2. The molecule has 154 valence electrons. The molecule has 0 bridgehead atoms. The van der Waals surface area contributed by atoms with E-state index in [4.69, 9.17) is 0 Å². The van der Waals surface area contributed by atoms with Gasteiger partial charge in [-0.15, -0.1) is 0 Å². The fraction of sp³-hybridized carbons (Fsp3) is 0.391. The minimum Gasteiger partial charge on any atom is -0.350 e. The Morgan fingerprint density at radius 2 is 1.66 bits per heavy atom. The summed E-state index contributed by atoms with van der Waals surface area (Å²) >= 11 is 0. The van der Waals surface area contributed by atoms with Gasteiger partial charge in [-0.2, -0.15) is 0 Å². The average molecular weight is 397 g/mol. The predicted octanol–water partition coefficient (Wildman–Crippen LogP) is 2.79. The number of hydrogen-bond acceptors (Lipinski definition) is 3. The lowest BCUT2D eigenvalue weighted by Gasteiger charge is -2.27. The van der Waals surface area contributed by atoms with Crippen LogP contribution in [-0.2, 0) is 29.1 Å². The number of nitrogens with one attached hydrogen (secondary N) is 2. The van der Waals surface area contributed by atoms with Crippen LogP contribution in [0.15, 0.2) is 48.5 Å². The summed E-state index contributed by atoms with van der Waals surface area (Å²) in [4.78, 5) is 26.5. The van der Waals surface area contributed by atoms with Crippen molar-refractivity contribution < 1.29 is 14.0 Å². The van der Waals surface area contributed by atoms with E-state index in [2.05, 4.69) is 21.6 Å². The summed E-state index contributed by atoms with van der Waals surface area (Å²) in [7, 11) is 0. The minimum absolute atomic E-state index is 0.0453. The highest BCUT2D eigenvalue weighted by molar-refractivity contribution is 5.85. The normalized spacial score (nSPS) is 14.4. The van der Waals surface area contributed by atoms with Crippen molar-refractivity contribution in [1.29, 1.82) is 0 Å². The Hall–Kier alpha value is -2.73. The Kier molecular flexibility index (Phi) is 7.76. The smallest absolute Gasteiger partial charge is 0.239 e. The van der Waals surface area contributed by atoms with E-state index in [-0.39, 0.29) is 30.6 Å². The second-order valence-electron chi connectivity index (χ2n) is 7.47. The van der Waals surface area contributed by atoms with Crippen molar-refractivity contribution in [3.8, 4) is 0 Å². The Morgan fingerprint density at radius 3 is 2.41 bits per heavy atom. The van der Waals surface area contributed by atoms with E-state index < -0.39 is 0 Å². The van der Waals surface area contributed by atoms with Gasteiger partial charge >= 0.3 is 0 Å². The first kappa shape index (κ1) is 21.0. The van der Waals surface area contributed by atoms with Gasteiger partial charge < -0.3 is 10.6 Å². The molecule has 1 aliphatic heterocycles. The SMILES string of the molecule is O=C(CNC(=O)Cc1cccc(F)c1)NCc1ccccc1CN1CCCCC1. The minimum atomic E-state index is -0.378. The number of rotatable bonds is 8. The van der Waals surface area contributed by atoms with Crippen LogP contribution in [0.1, 0.15) is 36.0 Å². The predicted molar refractivity (Wildman–Crippen MR) is 111 cm³/mol. The number of piperidine rings is 1. The highest BCUT2D eigenvalue weighted by atomic mass is 19.1. The van der Waals surface area contributed by atoms with Crippen LogP contribution in [0.25, 0.3) is 0 Å². The number of carbonyl (C=O) groups excluding carboxylic acids is 2. The summed E-state index contributed by atoms with van der Waals surface area (Å²) in [6.45, 7) is 3.48. The van der Waals surface area contributed by atoms with Gasteiger partial charge in [0, 0.05) is 13.1 Å². The van der Waals surface area contributed by atoms with Crippen LogP contribution in [0.5, 0.6) is 0 Å². The van der Waals surface area contributed by atoms with Crippen molar-refractivity contribution in [2.45, 2.75) is 38.8 Å². The van der Waals surface area contributed by atoms with Crippen LogP contribution in [0, 0.1) is 5.82 Å². The zero-order chi connectivity index (χ0) is 20.5. The van der Waals surface area contributed by atoms with Crippen molar-refractivity contribution in [3.05, 3.63) is 71.0 Å². The molecule has 0 atom stereocenters. The number of nitrogens with zero attached hydrogens (tertiary/aromatic N) is 1. The van der Waals surface area contributed by atoms with E-state index >= 15 is 0 Å². The molecular weight excluding hydrogens is 369 g/mol. The molecule has 1 fully saturated rings. The number of likely N-dealkylation sites (tertiary alicyclic amines) is 1. The molecule has 29 heavy (non-hydrogen) atoms. The maximum Gasteiger partial charge on any atom is 0.239 e. The summed E-state index contributed by atoms with van der Waals surface area (Å²) in [5.74, 6) is -0.933. The molecule has 1 saturated heterocycles. The van der Waals surface area contributed by atoms with Gasteiger partial charge in [0.15, 0.2) is 0 Å². The molecule has 5 nitrogen and oxygen atoms in total. The highest BCUT2D eigenvalue weighted by Crippen LogP contribution is 2.16. The summed E-state index contributed by atoms with van der Waals surface area (Å²) in [5.41, 5.74) is 2.90. The molecule has 3 rings (SSSR count). The second kappa shape index (κ2) is 10.7. The second-order valence-corrected chi connectivity index (χ2v) is 7.47. The average Bonchev–Trinajstić information content (AvgIpc) is 2.72. The van der Waals surface area contributed by atoms with E-state index in [1.165, 1.54) is 37.0 Å². The van der Waals surface area contributed by atoms with Crippen LogP contribution >= 0.6 is 0 Å². The molecule has 2 aromatic rings. The van der Waals surface area contributed by atoms with Gasteiger partial charge in [-0.1, -0.05) is 42.8 Å². The zero-order valence-corrected chi connectivity index (χ0v) is 16.6. The van der Waals surface area contributed by atoms with Gasteiger partial charge in [0.1, 0.15) is 5.82 Å². The third kappa shape index (κ3) is 6.98. The molecule has 0 unspecified atom stereocenters. The Bertz CT molecular complexity index is 834. The lowest BCUT2D eigenvalue weighted by molar-refractivity contribution is -0.125. The van der Waals surface area contributed by atoms with Crippen molar-refractivity contribution in [3.63, 3.8) is 0 Å². The lowest BCUT2D eigenvalue weighted by Crippen LogP contribution is -2.37. The number of halogens is 1. The van der Waals surface area contributed by atoms with Crippen LogP contribution < -0.4 is 10.6 Å². The molecule has 2 aromatic carbocycles. The number of amides is 2. The van der Waals surface area contributed by atoms with Gasteiger partial charge in [0.05, 0.1) is 13.0 Å². The van der Waals surface area contributed by atoms with E-state index in [1.807, 2.05) is 18.2 Å². The fourth-order valence-corrected chi connectivity index (χ4v) is 3.57. The first-order valence-electron chi connectivity index (χ1n) is 10.2. The van der Waals surface area contributed by atoms with Gasteiger partial charge in [0.2, 0.25) is 11.8 Å². The standard InChI is InChI=1S/C23H28FN3O2/c24-21-10-6-7-18(13-21)14-22(28)26-16-23(29)25-15-19-8-2-3-9-20(19)17-27-11-4-1-5-12-27/h2-3,6-10,13H,1,4-5,11-12,14-17H2,(H,25,29)(H,26,28). The third-order valence-electron chi connectivity index (χ3n) is 5.14. The Labute approximate surface area is 171 Å². The van der Waals surface area contributed by atoms with E-state index in [9.17, 15) is 14.0 Å². The van der Waals surface area contributed by atoms with Crippen LogP contribution in [0.2, 0.25) is 0 Å². The Balaban J connectivity index is 1.43. The summed E-state index contributed by atoms with van der Waals surface area (Å²) in [6.07, 6.45) is 3.84. The Morgan fingerprint density at radius 1 is 0.897 bits per heavy atom.